The summed E-state index contributed by atoms with van der Waals surface area (Å²) >= 11 is 0. The second-order valence-corrected chi connectivity index (χ2v) is 2.64. The maximum absolute atomic E-state index is 9.93. The molecule has 0 rings (SSSR count). The molecule has 0 saturated heterocycles. The standard InChI is InChI=1S/C5H13O3P.Li.H/c1-2-3-4-5-8-9(6)7;;/h9H,2-5H2,1H3,(H,6,7);;. The van der Waals surface area contributed by atoms with Crippen LogP contribution in [0.2, 0.25) is 0 Å². The van der Waals surface area contributed by atoms with Crippen molar-refractivity contribution in [3.8, 4) is 0 Å². The molecule has 0 aromatic heterocycles. The molecule has 0 radical (unpaired) electrons. The van der Waals surface area contributed by atoms with E-state index in [-0.39, 0.29) is 18.9 Å². The van der Waals surface area contributed by atoms with E-state index in [9.17, 15) is 4.57 Å². The first kappa shape index (κ1) is 13.3. The Kier molecular flexibility index (Phi) is 13.0. The fourth-order valence-corrected chi connectivity index (χ4v) is 0.830. The second-order valence-electron chi connectivity index (χ2n) is 1.82. The fraction of sp³-hybridized carbons (Fsp3) is 1.00. The summed E-state index contributed by atoms with van der Waals surface area (Å²) < 4.78 is 14.4. The number of rotatable bonds is 5. The van der Waals surface area contributed by atoms with Crippen molar-refractivity contribution >= 4 is 27.1 Å². The molecule has 0 aliphatic rings. The summed E-state index contributed by atoms with van der Waals surface area (Å²) in [6.45, 7) is 2.49. The molecule has 58 valence electrons. The minimum atomic E-state index is -2.67. The van der Waals surface area contributed by atoms with Gasteiger partial charge in [0.15, 0.2) is 0 Å². The van der Waals surface area contributed by atoms with Crippen molar-refractivity contribution in [3.63, 3.8) is 0 Å². The summed E-state index contributed by atoms with van der Waals surface area (Å²) in [7, 11) is -2.67. The predicted molar refractivity (Wildman–Crippen MR) is 43.8 cm³/mol. The molecule has 0 bridgehead atoms. The molecule has 0 aromatic rings. The molecular weight excluding hydrogens is 146 g/mol. The zero-order valence-electron chi connectivity index (χ0n) is 5.59. The fourth-order valence-electron chi connectivity index (χ4n) is 0.512. The van der Waals surface area contributed by atoms with Crippen LogP contribution in [0.1, 0.15) is 26.2 Å². The summed E-state index contributed by atoms with van der Waals surface area (Å²) in [5.41, 5.74) is 0. The first-order valence-corrected chi connectivity index (χ1v) is 4.39. The summed E-state index contributed by atoms with van der Waals surface area (Å²) in [5, 5.41) is 0. The van der Waals surface area contributed by atoms with Crippen LogP contribution in [0.15, 0.2) is 0 Å². The van der Waals surface area contributed by atoms with E-state index in [0.717, 1.165) is 19.3 Å². The van der Waals surface area contributed by atoms with Gasteiger partial charge in [-0.15, -0.1) is 0 Å². The summed E-state index contributed by atoms with van der Waals surface area (Å²) in [5.74, 6) is 0. The molecule has 1 N–H and O–H groups in total. The van der Waals surface area contributed by atoms with Crippen LogP contribution < -0.4 is 0 Å². The maximum atomic E-state index is 9.93. The molecule has 0 heterocycles. The zero-order chi connectivity index (χ0) is 7.11. The zero-order valence-corrected chi connectivity index (χ0v) is 6.59. The second kappa shape index (κ2) is 9.75. The normalized spacial score (nSPS) is 12.2. The Labute approximate surface area is 74.3 Å². The molecule has 10 heavy (non-hydrogen) atoms. The van der Waals surface area contributed by atoms with Crippen LogP contribution in [0.5, 0.6) is 0 Å². The molecule has 0 aliphatic carbocycles. The Bertz CT molecular complexity index is 89.0. The third-order valence-corrected chi connectivity index (χ3v) is 1.42. The van der Waals surface area contributed by atoms with Crippen molar-refractivity contribution in [1.29, 1.82) is 0 Å². The summed E-state index contributed by atoms with van der Waals surface area (Å²) in [4.78, 5) is 8.18. The SMILES string of the molecule is CCCCCO[PH](=O)O.[LiH]. The molecule has 3 nitrogen and oxygen atoms in total. The average molecular weight is 160 g/mol. The van der Waals surface area contributed by atoms with Gasteiger partial charge in [0, 0.05) is 0 Å². The van der Waals surface area contributed by atoms with Gasteiger partial charge in [-0.1, -0.05) is 19.8 Å². The Morgan fingerprint density at radius 2 is 2.10 bits per heavy atom. The Balaban J connectivity index is 0. The van der Waals surface area contributed by atoms with Gasteiger partial charge in [-0.3, -0.25) is 4.57 Å². The van der Waals surface area contributed by atoms with Gasteiger partial charge in [0.25, 0.3) is 0 Å². The molecule has 1 unspecified atom stereocenters. The Morgan fingerprint density at radius 3 is 2.50 bits per heavy atom. The van der Waals surface area contributed by atoms with Crippen LogP contribution in [0.25, 0.3) is 0 Å². The first-order chi connectivity index (χ1) is 4.27. The third kappa shape index (κ3) is 11.5. The van der Waals surface area contributed by atoms with E-state index in [1.54, 1.807) is 0 Å². The molecule has 0 spiro atoms. The minimum absolute atomic E-state index is 0. The Hall–Kier alpha value is 0.747. The van der Waals surface area contributed by atoms with Crippen molar-refractivity contribution in [1.82, 2.24) is 0 Å². The summed E-state index contributed by atoms with van der Waals surface area (Å²) in [6.07, 6.45) is 3.05. The van der Waals surface area contributed by atoms with Crippen molar-refractivity contribution in [2.24, 2.45) is 0 Å². The van der Waals surface area contributed by atoms with Gasteiger partial charge in [-0.05, 0) is 6.42 Å². The van der Waals surface area contributed by atoms with E-state index in [1.165, 1.54) is 0 Å². The molecule has 0 saturated carbocycles. The van der Waals surface area contributed by atoms with Gasteiger partial charge in [0.05, 0.1) is 6.61 Å². The third-order valence-electron chi connectivity index (χ3n) is 0.973. The van der Waals surface area contributed by atoms with E-state index >= 15 is 0 Å². The van der Waals surface area contributed by atoms with Crippen molar-refractivity contribution < 1.29 is 14.0 Å². The van der Waals surface area contributed by atoms with Gasteiger partial charge >= 0.3 is 27.1 Å². The average Bonchev–Trinajstić information content (AvgIpc) is 1.80. The molecule has 1 atom stereocenters. The van der Waals surface area contributed by atoms with Gasteiger partial charge in [0.1, 0.15) is 0 Å². The quantitative estimate of drug-likeness (QED) is 0.369. The number of unbranched alkanes of at least 4 members (excludes halogenated alkanes) is 2. The monoisotopic (exact) mass is 160 g/mol. The molecule has 0 fully saturated rings. The molecule has 0 aliphatic heterocycles. The van der Waals surface area contributed by atoms with Crippen LogP contribution in [0, 0.1) is 0 Å². The van der Waals surface area contributed by atoms with Crippen LogP contribution in [0.4, 0.5) is 0 Å². The van der Waals surface area contributed by atoms with E-state index < -0.39 is 8.25 Å². The van der Waals surface area contributed by atoms with E-state index in [0.29, 0.717) is 6.61 Å². The van der Waals surface area contributed by atoms with E-state index in [4.69, 9.17) is 4.89 Å². The van der Waals surface area contributed by atoms with Crippen LogP contribution in [-0.4, -0.2) is 30.4 Å². The molecular formula is C5H14LiO3P. The van der Waals surface area contributed by atoms with Crippen molar-refractivity contribution in [2.45, 2.75) is 26.2 Å². The van der Waals surface area contributed by atoms with Crippen molar-refractivity contribution in [2.75, 3.05) is 6.61 Å². The van der Waals surface area contributed by atoms with Crippen LogP contribution in [-0.2, 0) is 9.09 Å². The number of hydrogen-bond donors (Lipinski definition) is 1. The molecule has 5 heteroatoms. The van der Waals surface area contributed by atoms with Gasteiger partial charge in [-0.2, -0.15) is 0 Å². The van der Waals surface area contributed by atoms with Gasteiger partial charge in [0.2, 0.25) is 0 Å². The van der Waals surface area contributed by atoms with Gasteiger partial charge in [-0.25, -0.2) is 0 Å². The predicted octanol–water partition coefficient (Wildman–Crippen LogP) is 0.927. The van der Waals surface area contributed by atoms with Crippen molar-refractivity contribution in [3.05, 3.63) is 0 Å². The molecule has 0 amide bonds. The topological polar surface area (TPSA) is 46.5 Å². The Morgan fingerprint density at radius 1 is 1.50 bits per heavy atom. The van der Waals surface area contributed by atoms with E-state index in [1.807, 2.05) is 0 Å². The van der Waals surface area contributed by atoms with Crippen LogP contribution >= 0.6 is 8.25 Å². The number of hydrogen-bond acceptors (Lipinski definition) is 2. The van der Waals surface area contributed by atoms with E-state index in [2.05, 4.69) is 11.4 Å². The first-order valence-electron chi connectivity index (χ1n) is 3.13. The van der Waals surface area contributed by atoms with Crippen LogP contribution in [0.3, 0.4) is 0 Å². The molecule has 0 aromatic carbocycles. The summed E-state index contributed by atoms with van der Waals surface area (Å²) in [6, 6.07) is 0. The van der Waals surface area contributed by atoms with Gasteiger partial charge < -0.3 is 9.42 Å².